The smallest absolute Gasteiger partial charge is 0.344 e. The number of hydrogen-bond acceptors (Lipinski definition) is 4. The minimum absolute atomic E-state index is 0.212. The molecule has 0 amide bonds. The van der Waals surface area contributed by atoms with Crippen LogP contribution < -0.4 is 0 Å². The van der Waals surface area contributed by atoms with Crippen molar-refractivity contribution in [2.75, 3.05) is 0 Å². The first-order valence-electron chi connectivity index (χ1n) is 4.46. The maximum Gasteiger partial charge on any atom is 0.344 e. The van der Waals surface area contributed by atoms with Crippen LogP contribution in [0.1, 0.15) is 12.5 Å². The Balaban J connectivity index is 2.71. The number of carbonyl (C=O) groups excluding carboxylic acids is 1. The molecule has 1 aromatic carbocycles. The molecule has 0 bridgehead atoms. The Morgan fingerprint density at radius 3 is 2.75 bits per heavy atom. The lowest BCUT2D eigenvalue weighted by Gasteiger charge is -1.97. The summed E-state index contributed by atoms with van der Waals surface area (Å²) >= 11 is 0. The lowest BCUT2D eigenvalue weighted by Crippen LogP contribution is -1.93. The first kappa shape index (κ1) is 11.7. The van der Waals surface area contributed by atoms with Crippen LogP contribution in [-0.4, -0.2) is 16.2 Å². The molecule has 0 aliphatic heterocycles. The molecule has 0 aliphatic carbocycles. The standard InChI is InChI=1S/C12H10O4/c1-2-7-16-12(15)6-4-9-3-5-10(13)11(14)8-9/h3-6,8,13-14H,1H3/b6-4+. The van der Waals surface area contributed by atoms with Gasteiger partial charge in [0.05, 0.1) is 0 Å². The first-order chi connectivity index (χ1) is 7.63. The molecule has 0 radical (unpaired) electrons. The van der Waals surface area contributed by atoms with E-state index in [1.54, 1.807) is 13.0 Å². The predicted octanol–water partition coefficient (Wildman–Crippen LogP) is 1.63. The molecule has 0 aromatic heterocycles. The van der Waals surface area contributed by atoms with Crippen LogP contribution in [0.15, 0.2) is 24.3 Å². The highest BCUT2D eigenvalue weighted by molar-refractivity contribution is 5.87. The summed E-state index contributed by atoms with van der Waals surface area (Å²) < 4.78 is 4.47. The van der Waals surface area contributed by atoms with Crippen molar-refractivity contribution in [1.82, 2.24) is 0 Å². The summed E-state index contributed by atoms with van der Waals surface area (Å²) in [6.07, 6.45) is 4.78. The normalized spacial score (nSPS) is 9.56. The second kappa shape index (κ2) is 5.47. The third-order valence-corrected chi connectivity index (χ3v) is 1.67. The fourth-order valence-corrected chi connectivity index (χ4v) is 0.944. The Labute approximate surface area is 92.8 Å². The van der Waals surface area contributed by atoms with Crippen LogP contribution in [0, 0.1) is 12.0 Å². The second-order valence-electron chi connectivity index (χ2n) is 2.85. The van der Waals surface area contributed by atoms with Gasteiger partial charge in [-0.1, -0.05) is 12.0 Å². The minimum Gasteiger partial charge on any atom is -0.504 e. The number of phenolic OH excluding ortho intramolecular Hbond substituents is 2. The molecule has 0 heterocycles. The van der Waals surface area contributed by atoms with Gasteiger partial charge in [-0.05, 0) is 23.8 Å². The molecule has 0 saturated heterocycles. The molecule has 4 nitrogen and oxygen atoms in total. The average molecular weight is 218 g/mol. The van der Waals surface area contributed by atoms with Crippen molar-refractivity contribution in [1.29, 1.82) is 0 Å². The molecule has 1 aromatic rings. The number of phenols is 2. The van der Waals surface area contributed by atoms with E-state index in [0.717, 1.165) is 0 Å². The predicted molar refractivity (Wildman–Crippen MR) is 58.3 cm³/mol. The zero-order valence-corrected chi connectivity index (χ0v) is 8.60. The summed E-state index contributed by atoms with van der Waals surface area (Å²) in [5.74, 6) is 1.36. The molecule has 0 atom stereocenters. The molecule has 82 valence electrons. The lowest BCUT2D eigenvalue weighted by molar-refractivity contribution is -0.131. The van der Waals surface area contributed by atoms with Gasteiger partial charge in [0.2, 0.25) is 0 Å². The van der Waals surface area contributed by atoms with Crippen LogP contribution >= 0.6 is 0 Å². The molecular formula is C12H10O4. The molecule has 0 fully saturated rings. The molecular weight excluding hydrogens is 208 g/mol. The van der Waals surface area contributed by atoms with Crippen LogP contribution in [0.3, 0.4) is 0 Å². The SMILES string of the molecule is CC#COC(=O)/C=C/c1ccc(O)c(O)c1. The van der Waals surface area contributed by atoms with E-state index in [1.807, 2.05) is 0 Å². The summed E-state index contributed by atoms with van der Waals surface area (Å²) in [5.41, 5.74) is 0.566. The number of hydrogen-bond donors (Lipinski definition) is 2. The maximum atomic E-state index is 11.0. The number of ether oxygens (including phenoxy) is 1. The van der Waals surface area contributed by atoms with Crippen LogP contribution in [0.25, 0.3) is 6.08 Å². The average Bonchev–Trinajstić information content (AvgIpc) is 2.28. The van der Waals surface area contributed by atoms with Crippen molar-refractivity contribution in [3.63, 3.8) is 0 Å². The number of carbonyl (C=O) groups is 1. The van der Waals surface area contributed by atoms with E-state index in [1.165, 1.54) is 24.3 Å². The molecule has 2 N–H and O–H groups in total. The van der Waals surface area contributed by atoms with E-state index in [2.05, 4.69) is 16.8 Å². The second-order valence-corrected chi connectivity index (χ2v) is 2.85. The Morgan fingerprint density at radius 1 is 1.38 bits per heavy atom. The Kier molecular flexibility index (Phi) is 3.98. The zero-order valence-electron chi connectivity index (χ0n) is 8.60. The van der Waals surface area contributed by atoms with Crippen molar-refractivity contribution in [3.8, 4) is 23.5 Å². The van der Waals surface area contributed by atoms with Crippen LogP contribution in [0.4, 0.5) is 0 Å². The van der Waals surface area contributed by atoms with Gasteiger partial charge in [0.1, 0.15) is 6.11 Å². The summed E-state index contributed by atoms with van der Waals surface area (Å²) in [7, 11) is 0. The monoisotopic (exact) mass is 218 g/mol. The van der Waals surface area contributed by atoms with Crippen molar-refractivity contribution in [2.24, 2.45) is 0 Å². The molecule has 0 aliphatic rings. The Hall–Kier alpha value is -2.41. The van der Waals surface area contributed by atoms with Gasteiger partial charge in [-0.2, -0.15) is 0 Å². The van der Waals surface area contributed by atoms with Gasteiger partial charge in [0.25, 0.3) is 0 Å². The number of rotatable bonds is 2. The highest BCUT2D eigenvalue weighted by Gasteiger charge is 1.99. The fourth-order valence-electron chi connectivity index (χ4n) is 0.944. The summed E-state index contributed by atoms with van der Waals surface area (Å²) in [6.45, 7) is 1.55. The zero-order chi connectivity index (χ0) is 12.0. The van der Waals surface area contributed by atoms with Crippen molar-refractivity contribution < 1.29 is 19.7 Å². The first-order valence-corrected chi connectivity index (χ1v) is 4.46. The lowest BCUT2D eigenvalue weighted by atomic mass is 10.2. The van der Waals surface area contributed by atoms with Gasteiger partial charge in [0.15, 0.2) is 11.5 Å². The van der Waals surface area contributed by atoms with Crippen molar-refractivity contribution >= 4 is 12.0 Å². The van der Waals surface area contributed by atoms with E-state index in [9.17, 15) is 9.90 Å². The van der Waals surface area contributed by atoms with Gasteiger partial charge in [-0.15, -0.1) is 0 Å². The topological polar surface area (TPSA) is 66.8 Å². The third-order valence-electron chi connectivity index (χ3n) is 1.67. The van der Waals surface area contributed by atoms with E-state index in [-0.39, 0.29) is 11.5 Å². The fraction of sp³-hybridized carbons (Fsp3) is 0.0833. The van der Waals surface area contributed by atoms with Crippen LogP contribution in [0.5, 0.6) is 11.5 Å². The number of esters is 1. The number of aromatic hydroxyl groups is 2. The molecule has 4 heteroatoms. The van der Waals surface area contributed by atoms with Crippen molar-refractivity contribution in [2.45, 2.75) is 6.92 Å². The van der Waals surface area contributed by atoms with Gasteiger partial charge in [0, 0.05) is 13.0 Å². The molecule has 16 heavy (non-hydrogen) atoms. The van der Waals surface area contributed by atoms with E-state index < -0.39 is 5.97 Å². The highest BCUT2D eigenvalue weighted by atomic mass is 16.5. The quantitative estimate of drug-likeness (QED) is 0.342. The summed E-state index contributed by atoms with van der Waals surface area (Å²) in [5, 5.41) is 18.2. The van der Waals surface area contributed by atoms with Gasteiger partial charge in [-0.3, -0.25) is 0 Å². The maximum absolute atomic E-state index is 11.0. The number of benzene rings is 1. The van der Waals surface area contributed by atoms with Crippen LogP contribution in [-0.2, 0) is 9.53 Å². The van der Waals surface area contributed by atoms with Gasteiger partial charge < -0.3 is 14.9 Å². The molecule has 0 spiro atoms. The van der Waals surface area contributed by atoms with Crippen molar-refractivity contribution in [3.05, 3.63) is 29.8 Å². The Bertz CT molecular complexity index is 478. The highest BCUT2D eigenvalue weighted by Crippen LogP contribution is 2.25. The summed E-state index contributed by atoms with van der Waals surface area (Å²) in [6, 6.07) is 4.20. The summed E-state index contributed by atoms with van der Waals surface area (Å²) in [4.78, 5) is 11.0. The molecule has 1 rings (SSSR count). The molecule has 0 unspecified atom stereocenters. The van der Waals surface area contributed by atoms with E-state index >= 15 is 0 Å². The van der Waals surface area contributed by atoms with Crippen LogP contribution in [0.2, 0.25) is 0 Å². The minimum atomic E-state index is -0.595. The van der Waals surface area contributed by atoms with Gasteiger partial charge >= 0.3 is 5.97 Å². The van der Waals surface area contributed by atoms with Gasteiger partial charge in [-0.25, -0.2) is 4.79 Å². The molecule has 0 saturated carbocycles. The van der Waals surface area contributed by atoms with E-state index in [4.69, 9.17) is 5.11 Å². The third kappa shape index (κ3) is 3.39. The largest absolute Gasteiger partial charge is 0.504 e. The Morgan fingerprint density at radius 2 is 2.12 bits per heavy atom. The van der Waals surface area contributed by atoms with E-state index in [0.29, 0.717) is 5.56 Å².